The highest BCUT2D eigenvalue weighted by molar-refractivity contribution is 9.10. The second-order valence-corrected chi connectivity index (χ2v) is 33.4. The van der Waals surface area contributed by atoms with Crippen molar-refractivity contribution in [2.45, 2.75) is 6.92 Å². The smallest absolute Gasteiger partial charge is 0.231 e. The number of rotatable bonds is 11. The van der Waals surface area contributed by atoms with E-state index in [0.29, 0.717) is 107 Å². The maximum absolute atomic E-state index is 15.9. The first-order valence-electron chi connectivity index (χ1n) is 43.7. The summed E-state index contributed by atoms with van der Waals surface area (Å²) >= 11 is 3.52. The lowest BCUT2D eigenvalue weighted by Crippen LogP contribution is -2.09. The van der Waals surface area contributed by atoms with Gasteiger partial charge in [-0.2, -0.15) is 0 Å². The number of halogens is 7. The maximum Gasteiger partial charge on any atom is 0.231 e. The highest BCUT2D eigenvalue weighted by atomic mass is 79.9. The predicted octanol–water partition coefficient (Wildman–Crippen LogP) is 24.9. The number of ether oxygens (including phenoxy) is 2. The molecule has 1 aliphatic rings. The number of fused-ring (bicyclic) bond motifs is 11. The lowest BCUT2D eigenvalue weighted by molar-refractivity contribution is 0.174. The second kappa shape index (κ2) is 36.7. The summed E-state index contributed by atoms with van der Waals surface area (Å²) < 4.78 is 109. The Bertz CT molecular complexity index is 8640. The number of aryl methyl sites for hydroxylation is 1. The minimum absolute atomic E-state index is 0.159. The van der Waals surface area contributed by atoms with Gasteiger partial charge in [-0.25, -0.2) is 76.2 Å². The first-order chi connectivity index (χ1) is 68.0. The Kier molecular flexibility index (Phi) is 22.7. The minimum Gasteiger partial charge on any atom is -0.454 e. The lowest BCUT2D eigenvalue weighted by atomic mass is 10.1. The molecule has 0 radical (unpaired) electrons. The summed E-state index contributed by atoms with van der Waals surface area (Å²) in [5.41, 5.74) is 13.6. The van der Waals surface area contributed by atoms with Crippen molar-refractivity contribution in [3.63, 3.8) is 0 Å². The van der Waals surface area contributed by atoms with Crippen LogP contribution in [0.3, 0.4) is 0 Å². The molecule has 0 atom stereocenters. The molecular weight excluding hydrogens is 1830 g/mol. The Morgan fingerprint density at radius 2 is 0.719 bits per heavy atom. The third-order valence-electron chi connectivity index (χ3n) is 23.7. The molecule has 26 rings (SSSR count). The van der Waals surface area contributed by atoms with Crippen molar-refractivity contribution in [1.82, 2.24) is 97.6 Å². The molecule has 16 heterocycles. The van der Waals surface area contributed by atoms with Crippen LogP contribution in [0.5, 0.6) is 11.5 Å². The van der Waals surface area contributed by atoms with Crippen molar-refractivity contribution in [3.05, 3.63) is 405 Å². The highest BCUT2D eigenvalue weighted by Crippen LogP contribution is 2.42. The van der Waals surface area contributed by atoms with Crippen molar-refractivity contribution < 1.29 is 35.8 Å². The second-order valence-electron chi connectivity index (χ2n) is 32.5. The molecule has 25 aromatic rings. The van der Waals surface area contributed by atoms with Crippen molar-refractivity contribution >= 4 is 131 Å². The zero-order chi connectivity index (χ0) is 94.5. The van der Waals surface area contributed by atoms with Gasteiger partial charge < -0.3 is 32.6 Å². The summed E-state index contributed by atoms with van der Waals surface area (Å²) in [6.07, 6.45) is 26.8. The molecule has 0 bridgehead atoms. The number of anilines is 1. The van der Waals surface area contributed by atoms with Gasteiger partial charge in [-0.1, -0.05) is 94.3 Å². The van der Waals surface area contributed by atoms with E-state index in [9.17, 15) is 22.0 Å². The molecule has 10 aromatic carbocycles. The molecule has 30 heteroatoms. The molecule has 15 aromatic heterocycles. The van der Waals surface area contributed by atoms with Crippen LogP contribution in [0, 0.1) is 41.8 Å². The SMILES string of the molecule is CN(C)c1ccc2nc(-c3ccccc3F)nc(-n3ccc4cnccc43)c2c1.Cc1ccc2nc(-c3ccccc3F)nc(-n3ccc4cnccc43)c2c1.Fc1c(-c2ccc3c(c2)OCO3)nc2ccccc2c1-n1cnc2cnccc21.Fc1ccc2nc(-c3ccccc3F)nc(-n3ccc4cnccc43)c2c1.Fc1ccccc1-c1nc(-n2ccc3cnccc32)c2cc(Br)ccc2n1. The van der Waals surface area contributed by atoms with Crippen molar-refractivity contribution in [2.24, 2.45) is 0 Å². The van der Waals surface area contributed by atoms with E-state index in [0.717, 1.165) is 103 Å². The van der Waals surface area contributed by atoms with E-state index in [1.165, 1.54) is 36.4 Å². The fourth-order valence-corrected chi connectivity index (χ4v) is 17.3. The summed E-state index contributed by atoms with van der Waals surface area (Å²) in [4.78, 5) is 69.0. The molecule has 139 heavy (non-hydrogen) atoms. The van der Waals surface area contributed by atoms with Crippen LogP contribution in [0.25, 0.3) is 195 Å². The van der Waals surface area contributed by atoms with Gasteiger partial charge in [0.15, 0.2) is 40.6 Å². The Hall–Kier alpha value is -18.2. The zero-order valence-corrected chi connectivity index (χ0v) is 75.2. The minimum atomic E-state index is -0.432. The molecule has 1 aliphatic heterocycles. The number of pyridine rings is 6. The van der Waals surface area contributed by atoms with Gasteiger partial charge in [0.05, 0.1) is 89.3 Å². The standard InChI is InChI=1S/C23H18FN5.C22H13FN4O2.C22H15FN4.C21H12BrFN4.C21H12F2N4/c1-28(2)16-7-8-20-18(13-16)23(29-12-10-15-14-25-11-9-21(15)29)27-22(26-20)17-5-3-4-6-19(17)24;23-20-21(13-5-6-18-19(9-13)29-12-28-18)26-15-4-2-1-3-14(15)22(20)27-11-25-16-10-24-8-7-17(16)27;1-14-6-7-19-17(12-14)22(27-11-9-15-13-24-10-8-20(15)27)26-21(25-19)16-4-2-3-5-18(16)23;2*22-14-5-6-18-16(11-14)21(27-10-8-13-12-24-9-7-19(13)27)26-20(25-18)15-3-1-2-4-17(15)23/h3-14H,1-2H3;1-11H,12H2;2-13H,1H3;2*1-12H. The van der Waals surface area contributed by atoms with E-state index >= 15 is 4.39 Å². The van der Waals surface area contributed by atoms with Crippen LogP contribution in [0.2, 0.25) is 0 Å². The van der Waals surface area contributed by atoms with E-state index in [2.05, 4.69) is 87.9 Å². The molecule has 0 saturated heterocycles. The van der Waals surface area contributed by atoms with Gasteiger partial charge in [0.1, 0.15) is 69.9 Å². The number of para-hydroxylation sites is 1. The fraction of sp³-hybridized carbons (Fsp3) is 0.0367. The third-order valence-corrected chi connectivity index (χ3v) is 24.2. The molecule has 672 valence electrons. The number of imidazole rings is 1. The average molecular weight is 1900 g/mol. The predicted molar refractivity (Wildman–Crippen MR) is 531 cm³/mol. The average Bonchev–Trinajstić information content (AvgIpc) is 1.68. The molecule has 23 nitrogen and oxygen atoms in total. The van der Waals surface area contributed by atoms with Gasteiger partial charge >= 0.3 is 0 Å². The summed E-state index contributed by atoms with van der Waals surface area (Å²) in [5.74, 6) is 2.92. The molecule has 0 fully saturated rings. The molecule has 0 amide bonds. The largest absolute Gasteiger partial charge is 0.454 e. The van der Waals surface area contributed by atoms with Gasteiger partial charge in [0, 0.05) is 159 Å². The monoisotopic (exact) mass is 1900 g/mol. The molecule has 0 spiro atoms. The number of hydrogen-bond donors (Lipinski definition) is 0. The van der Waals surface area contributed by atoms with Crippen molar-refractivity contribution in [3.8, 4) is 97.3 Å². The Morgan fingerprint density at radius 3 is 1.19 bits per heavy atom. The number of aromatic nitrogens is 20. The summed E-state index contributed by atoms with van der Waals surface area (Å²) in [7, 11) is 3.98. The highest BCUT2D eigenvalue weighted by Gasteiger charge is 2.26. The van der Waals surface area contributed by atoms with Crippen molar-refractivity contribution in [1.29, 1.82) is 0 Å². The van der Waals surface area contributed by atoms with E-state index in [1.807, 2.05) is 209 Å². The van der Waals surface area contributed by atoms with Gasteiger partial charge in [-0.15, -0.1) is 0 Å². The Balaban J connectivity index is 0.000000100. The first-order valence-corrected chi connectivity index (χ1v) is 44.5. The van der Waals surface area contributed by atoms with Crippen LogP contribution in [0.1, 0.15) is 5.56 Å². The quantitative estimate of drug-likeness (QED) is 0.109. The van der Waals surface area contributed by atoms with Gasteiger partial charge in [-0.3, -0.25) is 29.5 Å². The van der Waals surface area contributed by atoms with Crippen LogP contribution < -0.4 is 14.4 Å². The molecule has 0 N–H and O–H groups in total. The molecule has 0 saturated carbocycles. The van der Waals surface area contributed by atoms with Crippen molar-refractivity contribution in [2.75, 3.05) is 25.8 Å². The lowest BCUT2D eigenvalue weighted by Gasteiger charge is -2.16. The number of nitrogens with zero attached hydrogens (tertiary/aromatic N) is 21. The maximum atomic E-state index is 15.9. The Labute approximate surface area is 794 Å². The first kappa shape index (κ1) is 86.2. The summed E-state index contributed by atoms with van der Waals surface area (Å²) in [6.45, 7) is 2.19. The third kappa shape index (κ3) is 16.7. The van der Waals surface area contributed by atoms with E-state index in [1.54, 1.807) is 151 Å². The normalized spacial score (nSPS) is 11.6. The van der Waals surface area contributed by atoms with Crippen LogP contribution in [-0.2, 0) is 0 Å². The molecule has 0 unspecified atom stereocenters. The summed E-state index contributed by atoms with van der Waals surface area (Å²) in [5, 5.41) is 7.89. The number of hydrogen-bond acceptors (Lipinski definition) is 18. The van der Waals surface area contributed by atoms with Gasteiger partial charge in [-0.05, 0) is 201 Å². The zero-order valence-electron chi connectivity index (χ0n) is 73.6. The van der Waals surface area contributed by atoms with Crippen LogP contribution in [-0.4, -0.2) is 118 Å². The fourth-order valence-electron chi connectivity index (χ4n) is 16.9. The summed E-state index contributed by atoms with van der Waals surface area (Å²) in [6, 6.07) is 78.3. The van der Waals surface area contributed by atoms with Gasteiger partial charge in [0.2, 0.25) is 6.79 Å². The molecular formula is C109H70BrF6N21O2. The van der Waals surface area contributed by atoms with Crippen LogP contribution in [0.4, 0.5) is 32.0 Å². The topological polar surface area (TPSA) is 240 Å². The van der Waals surface area contributed by atoms with E-state index in [4.69, 9.17) is 24.4 Å². The van der Waals surface area contributed by atoms with Crippen LogP contribution in [0.15, 0.2) is 364 Å². The van der Waals surface area contributed by atoms with Gasteiger partial charge in [0.25, 0.3) is 0 Å². The Morgan fingerprint density at radius 1 is 0.324 bits per heavy atom. The van der Waals surface area contributed by atoms with E-state index in [-0.39, 0.29) is 41.6 Å². The van der Waals surface area contributed by atoms with E-state index < -0.39 is 11.6 Å². The van der Waals surface area contributed by atoms with Crippen LogP contribution >= 0.6 is 15.9 Å². The number of benzene rings is 10. The molecule has 0 aliphatic carbocycles.